The van der Waals surface area contributed by atoms with Crippen LogP contribution in [-0.4, -0.2) is 18.2 Å². The van der Waals surface area contributed by atoms with Crippen molar-refractivity contribution in [1.82, 2.24) is 4.90 Å². The van der Waals surface area contributed by atoms with Crippen molar-refractivity contribution in [2.45, 2.75) is 25.6 Å². The Morgan fingerprint density at radius 3 is 2.93 bits per heavy atom. The van der Waals surface area contributed by atoms with E-state index in [9.17, 15) is 4.39 Å². The molecule has 0 fully saturated rings. The Hall–Kier alpha value is -2.21. The molecule has 0 unspecified atom stereocenters. The van der Waals surface area contributed by atoms with Crippen LogP contribution in [0.3, 0.4) is 0 Å². The Morgan fingerprint density at radius 2 is 2.04 bits per heavy atom. The molecular weight excluding hydrogens is 361 g/mol. The van der Waals surface area contributed by atoms with Crippen molar-refractivity contribution >= 4 is 11.3 Å². The van der Waals surface area contributed by atoms with Crippen LogP contribution in [0.5, 0.6) is 5.75 Å². The van der Waals surface area contributed by atoms with Gasteiger partial charge in [0.05, 0.1) is 12.6 Å². The number of rotatable bonds is 3. The van der Waals surface area contributed by atoms with Gasteiger partial charge < -0.3 is 9.47 Å². The Labute approximate surface area is 162 Å². The minimum atomic E-state index is -0.234. The number of halogens is 1. The Kier molecular flexibility index (Phi) is 4.44. The first-order chi connectivity index (χ1) is 13.3. The van der Waals surface area contributed by atoms with Crippen LogP contribution in [0.1, 0.15) is 33.2 Å². The van der Waals surface area contributed by atoms with E-state index in [1.54, 1.807) is 6.07 Å². The predicted molar refractivity (Wildman–Crippen MR) is 103 cm³/mol. The lowest BCUT2D eigenvalue weighted by Crippen LogP contribution is -2.35. The zero-order valence-electron chi connectivity index (χ0n) is 14.9. The largest absolute Gasteiger partial charge is 0.467 e. The van der Waals surface area contributed by atoms with Gasteiger partial charge in [-0.2, -0.15) is 0 Å². The molecule has 3 nitrogen and oxygen atoms in total. The van der Waals surface area contributed by atoms with Crippen LogP contribution >= 0.6 is 11.3 Å². The fourth-order valence-corrected chi connectivity index (χ4v) is 5.06. The molecule has 0 bridgehead atoms. The lowest BCUT2D eigenvalue weighted by Gasteiger charge is -2.37. The molecule has 27 heavy (non-hydrogen) atoms. The number of ether oxygens (including phenoxy) is 2. The zero-order valence-corrected chi connectivity index (χ0v) is 15.7. The average molecular weight is 381 g/mol. The van der Waals surface area contributed by atoms with Gasteiger partial charge in [-0.1, -0.05) is 30.3 Å². The molecule has 0 amide bonds. The molecule has 1 atom stereocenters. The van der Waals surface area contributed by atoms with E-state index in [1.807, 2.05) is 17.4 Å². The molecule has 0 N–H and O–H groups in total. The van der Waals surface area contributed by atoms with Crippen LogP contribution in [0.4, 0.5) is 4.39 Å². The Balaban J connectivity index is 1.54. The first-order valence-corrected chi connectivity index (χ1v) is 10.0. The number of fused-ring (bicyclic) bond motifs is 2. The topological polar surface area (TPSA) is 21.7 Å². The van der Waals surface area contributed by atoms with Crippen molar-refractivity contribution in [3.63, 3.8) is 0 Å². The summed E-state index contributed by atoms with van der Waals surface area (Å²) >= 11 is 1.83. The third kappa shape index (κ3) is 3.16. The van der Waals surface area contributed by atoms with E-state index in [2.05, 4.69) is 40.6 Å². The summed E-state index contributed by atoms with van der Waals surface area (Å²) in [5, 5.41) is 2.18. The molecule has 5 rings (SSSR count). The van der Waals surface area contributed by atoms with E-state index in [1.165, 1.54) is 22.1 Å². The van der Waals surface area contributed by atoms with Crippen LogP contribution in [0, 0.1) is 5.82 Å². The number of hydrogen-bond acceptors (Lipinski definition) is 4. The van der Waals surface area contributed by atoms with Crippen LogP contribution < -0.4 is 4.74 Å². The van der Waals surface area contributed by atoms with E-state index in [0.717, 1.165) is 29.8 Å². The van der Waals surface area contributed by atoms with E-state index < -0.39 is 0 Å². The highest BCUT2D eigenvalue weighted by atomic mass is 32.1. The summed E-state index contributed by atoms with van der Waals surface area (Å²) in [5.41, 5.74) is 4.33. The maximum Gasteiger partial charge on any atom is 0.189 e. The fourth-order valence-electron chi connectivity index (χ4n) is 4.16. The molecule has 3 heterocycles. The highest BCUT2D eigenvalue weighted by molar-refractivity contribution is 7.10. The number of benzene rings is 2. The second-order valence-electron chi connectivity index (χ2n) is 7.00. The first-order valence-electron chi connectivity index (χ1n) is 9.17. The molecule has 2 aliphatic heterocycles. The summed E-state index contributed by atoms with van der Waals surface area (Å²) < 4.78 is 25.2. The zero-order chi connectivity index (χ0) is 18.2. The summed E-state index contributed by atoms with van der Waals surface area (Å²) in [4.78, 5) is 3.88. The fraction of sp³-hybridized carbons (Fsp3) is 0.273. The van der Waals surface area contributed by atoms with Gasteiger partial charge in [0.25, 0.3) is 0 Å². The molecule has 0 spiro atoms. The van der Waals surface area contributed by atoms with Gasteiger partial charge in [-0.05, 0) is 41.1 Å². The molecule has 0 saturated carbocycles. The van der Waals surface area contributed by atoms with Gasteiger partial charge in [0.15, 0.2) is 6.79 Å². The SMILES string of the molecule is Fc1cc2c(c(CN3CCc4sccc4[C@H]3c3ccccc3)c1)OCOC2. The highest BCUT2D eigenvalue weighted by Gasteiger charge is 2.30. The summed E-state index contributed by atoms with van der Waals surface area (Å²) in [6.07, 6.45) is 1.03. The molecular formula is C22H20FNO2S. The average Bonchev–Trinajstić information content (AvgIpc) is 3.17. The van der Waals surface area contributed by atoms with Gasteiger partial charge in [-0.15, -0.1) is 11.3 Å². The molecule has 0 saturated heterocycles. The van der Waals surface area contributed by atoms with E-state index >= 15 is 0 Å². The van der Waals surface area contributed by atoms with Crippen molar-refractivity contribution in [3.8, 4) is 5.75 Å². The minimum absolute atomic E-state index is 0.181. The number of thiophene rings is 1. The summed E-state index contributed by atoms with van der Waals surface area (Å²) in [6, 6.07) is 16.1. The quantitative estimate of drug-likeness (QED) is 0.644. The lowest BCUT2D eigenvalue weighted by atomic mass is 9.92. The molecule has 2 aromatic carbocycles. The van der Waals surface area contributed by atoms with Crippen LogP contribution in [-0.2, 0) is 24.3 Å². The van der Waals surface area contributed by atoms with Crippen molar-refractivity contribution in [3.05, 3.63) is 86.9 Å². The summed E-state index contributed by atoms with van der Waals surface area (Å²) in [6.45, 7) is 2.21. The van der Waals surface area contributed by atoms with Crippen LogP contribution in [0.2, 0.25) is 0 Å². The molecule has 0 aliphatic carbocycles. The van der Waals surface area contributed by atoms with Crippen LogP contribution in [0.15, 0.2) is 53.9 Å². The van der Waals surface area contributed by atoms with Crippen molar-refractivity contribution in [1.29, 1.82) is 0 Å². The van der Waals surface area contributed by atoms with Gasteiger partial charge in [0, 0.05) is 29.1 Å². The van der Waals surface area contributed by atoms with Gasteiger partial charge >= 0.3 is 0 Å². The Bertz CT molecular complexity index is 956. The number of hydrogen-bond donors (Lipinski definition) is 0. The van der Waals surface area contributed by atoms with Crippen molar-refractivity contribution in [2.75, 3.05) is 13.3 Å². The Morgan fingerprint density at radius 1 is 1.15 bits per heavy atom. The van der Waals surface area contributed by atoms with Gasteiger partial charge in [0.1, 0.15) is 11.6 Å². The predicted octanol–water partition coefficient (Wildman–Crippen LogP) is 4.90. The molecule has 3 aromatic rings. The second-order valence-corrected chi connectivity index (χ2v) is 8.00. The normalized spacial score (nSPS) is 19.2. The number of nitrogens with zero attached hydrogens (tertiary/aromatic N) is 1. The molecule has 5 heteroatoms. The smallest absolute Gasteiger partial charge is 0.189 e. The van der Waals surface area contributed by atoms with E-state index in [-0.39, 0.29) is 18.7 Å². The van der Waals surface area contributed by atoms with E-state index in [4.69, 9.17) is 9.47 Å². The third-order valence-electron chi connectivity index (χ3n) is 5.31. The molecule has 138 valence electrons. The maximum atomic E-state index is 14.2. The summed E-state index contributed by atoms with van der Waals surface area (Å²) in [7, 11) is 0. The van der Waals surface area contributed by atoms with Crippen molar-refractivity contribution in [2.24, 2.45) is 0 Å². The van der Waals surface area contributed by atoms with Crippen LogP contribution in [0.25, 0.3) is 0 Å². The monoisotopic (exact) mass is 381 g/mol. The molecule has 1 aromatic heterocycles. The molecule has 2 aliphatic rings. The van der Waals surface area contributed by atoms with Gasteiger partial charge in [0.2, 0.25) is 0 Å². The highest BCUT2D eigenvalue weighted by Crippen LogP contribution is 2.40. The van der Waals surface area contributed by atoms with Gasteiger partial charge in [-0.3, -0.25) is 4.90 Å². The van der Waals surface area contributed by atoms with Crippen molar-refractivity contribution < 1.29 is 13.9 Å². The summed E-state index contributed by atoms with van der Waals surface area (Å²) in [5.74, 6) is 0.549. The second kappa shape index (κ2) is 7.08. The minimum Gasteiger partial charge on any atom is -0.467 e. The van der Waals surface area contributed by atoms with E-state index in [0.29, 0.717) is 13.2 Å². The van der Waals surface area contributed by atoms with Gasteiger partial charge in [-0.25, -0.2) is 4.39 Å². The third-order valence-corrected chi connectivity index (χ3v) is 6.30. The molecule has 0 radical (unpaired) electrons. The first kappa shape index (κ1) is 16.9. The maximum absolute atomic E-state index is 14.2. The lowest BCUT2D eigenvalue weighted by molar-refractivity contribution is -0.0178. The standard InChI is InChI=1S/C22H20FNO2S/c23-18-10-16(22-17(11-18)13-25-14-26-22)12-24-8-6-20-19(7-9-27-20)21(24)15-4-2-1-3-5-15/h1-5,7,9-11,21H,6,8,12-14H2/t21-/m1/s1.